The SMILES string of the molecule is Cc1ccc(NC(=O)CN(C)CC(=O)Nc2cccc(F)c2)cc1S(=O)(=O)N1CCCCCC1.O=C(O)C(=O)O. The van der Waals surface area contributed by atoms with Gasteiger partial charge in [-0.25, -0.2) is 22.4 Å². The van der Waals surface area contributed by atoms with Crippen LogP contribution in [-0.2, 0) is 29.2 Å². The van der Waals surface area contributed by atoms with Crippen LogP contribution in [0, 0.1) is 12.7 Å². The average Bonchev–Trinajstić information content (AvgIpc) is 3.15. The number of carboxylic acids is 2. The molecule has 1 saturated heterocycles. The van der Waals surface area contributed by atoms with Gasteiger partial charge in [-0.3, -0.25) is 14.5 Å². The molecule has 3 rings (SSSR count). The first-order valence-electron chi connectivity index (χ1n) is 12.4. The number of benzene rings is 2. The van der Waals surface area contributed by atoms with Crippen LogP contribution in [0.15, 0.2) is 47.4 Å². The second-order valence-corrected chi connectivity index (χ2v) is 11.1. The zero-order chi connectivity index (χ0) is 29.9. The first-order chi connectivity index (χ1) is 18.8. The van der Waals surface area contributed by atoms with E-state index in [1.807, 2.05) is 0 Å². The quantitative estimate of drug-likeness (QED) is 0.342. The third-order valence-corrected chi connectivity index (χ3v) is 7.81. The Bertz CT molecular complexity index is 1320. The largest absolute Gasteiger partial charge is 0.473 e. The number of carbonyl (C=O) groups is 4. The Balaban J connectivity index is 0.000000840. The second-order valence-electron chi connectivity index (χ2n) is 9.19. The first-order valence-corrected chi connectivity index (χ1v) is 13.8. The van der Waals surface area contributed by atoms with Gasteiger partial charge in [0.2, 0.25) is 21.8 Å². The third kappa shape index (κ3) is 10.4. The minimum Gasteiger partial charge on any atom is -0.473 e. The number of halogens is 1. The van der Waals surface area contributed by atoms with Crippen LogP contribution in [0.2, 0.25) is 0 Å². The van der Waals surface area contributed by atoms with Crippen molar-refractivity contribution in [2.24, 2.45) is 0 Å². The summed E-state index contributed by atoms with van der Waals surface area (Å²) in [4.78, 5) is 44.6. The summed E-state index contributed by atoms with van der Waals surface area (Å²) in [6.45, 7) is 2.58. The number of carbonyl (C=O) groups excluding carboxylic acids is 2. The number of likely N-dealkylation sites (N-methyl/N-ethyl adjacent to an activating group) is 1. The van der Waals surface area contributed by atoms with E-state index in [1.54, 1.807) is 32.2 Å². The summed E-state index contributed by atoms with van der Waals surface area (Å²) in [5.41, 5.74) is 1.33. The predicted octanol–water partition coefficient (Wildman–Crippen LogP) is 2.36. The van der Waals surface area contributed by atoms with Crippen molar-refractivity contribution in [1.29, 1.82) is 0 Å². The van der Waals surface area contributed by atoms with Gasteiger partial charge < -0.3 is 20.8 Å². The Hall–Kier alpha value is -3.88. The predicted molar refractivity (Wildman–Crippen MR) is 145 cm³/mol. The maximum absolute atomic E-state index is 13.3. The highest BCUT2D eigenvalue weighted by Gasteiger charge is 2.27. The van der Waals surface area contributed by atoms with Gasteiger partial charge in [0.1, 0.15) is 5.82 Å². The van der Waals surface area contributed by atoms with Gasteiger partial charge in [-0.2, -0.15) is 4.31 Å². The summed E-state index contributed by atoms with van der Waals surface area (Å²) in [6, 6.07) is 10.4. The molecule has 0 unspecified atom stereocenters. The van der Waals surface area contributed by atoms with Crippen LogP contribution in [0.4, 0.5) is 15.8 Å². The Morgan fingerprint density at radius 1 is 0.875 bits per heavy atom. The Kier molecular flexibility index (Phi) is 12.2. The molecule has 0 aromatic heterocycles. The number of aryl methyl sites for hydroxylation is 1. The molecular weight excluding hydrogens is 547 g/mol. The maximum Gasteiger partial charge on any atom is 0.414 e. The molecule has 1 fully saturated rings. The van der Waals surface area contributed by atoms with Crippen LogP contribution in [0.1, 0.15) is 31.2 Å². The summed E-state index contributed by atoms with van der Waals surface area (Å²) in [5.74, 6) is -4.88. The van der Waals surface area contributed by atoms with Crippen LogP contribution < -0.4 is 10.6 Å². The monoisotopic (exact) mass is 580 g/mol. The van der Waals surface area contributed by atoms with Gasteiger partial charge >= 0.3 is 11.9 Å². The Morgan fingerprint density at radius 3 is 1.90 bits per heavy atom. The maximum atomic E-state index is 13.3. The van der Waals surface area contributed by atoms with E-state index in [4.69, 9.17) is 19.8 Å². The van der Waals surface area contributed by atoms with E-state index in [0.717, 1.165) is 25.7 Å². The van der Waals surface area contributed by atoms with E-state index >= 15 is 0 Å². The van der Waals surface area contributed by atoms with Crippen LogP contribution in [0.3, 0.4) is 0 Å². The van der Waals surface area contributed by atoms with Gasteiger partial charge in [-0.05, 0) is 62.7 Å². The fourth-order valence-corrected chi connectivity index (χ4v) is 5.66. The standard InChI is InChI=1S/C24H31FN4O4S.C2H2O4/c1-18-10-11-21(15-22(18)34(32,33)29-12-5-3-4-6-13-29)27-24(31)17-28(2)16-23(30)26-20-9-7-8-19(25)14-20;3-1(4)2(5)6/h7-11,14-15H,3-6,12-13,16-17H2,1-2H3,(H,26,30)(H,27,31);(H,3,4)(H,5,6). The molecule has 0 saturated carbocycles. The molecule has 2 aromatic carbocycles. The smallest absolute Gasteiger partial charge is 0.414 e. The molecular formula is C26H33FN4O8S. The topological polar surface area (TPSA) is 173 Å². The summed E-state index contributed by atoms with van der Waals surface area (Å²) in [7, 11) is -2.05. The van der Waals surface area contributed by atoms with Crippen molar-refractivity contribution in [3.05, 3.63) is 53.8 Å². The van der Waals surface area contributed by atoms with Gasteiger partial charge in [0.25, 0.3) is 0 Å². The zero-order valence-electron chi connectivity index (χ0n) is 22.2. The van der Waals surface area contributed by atoms with E-state index in [2.05, 4.69) is 10.6 Å². The third-order valence-electron chi connectivity index (χ3n) is 5.77. The molecule has 0 aliphatic carbocycles. The molecule has 2 amide bonds. The van der Waals surface area contributed by atoms with Gasteiger partial charge in [0.05, 0.1) is 18.0 Å². The van der Waals surface area contributed by atoms with Gasteiger partial charge in [-0.15, -0.1) is 0 Å². The first kappa shape index (κ1) is 32.3. The number of carboxylic acid groups (broad SMARTS) is 2. The van der Waals surface area contributed by atoms with Crippen molar-refractivity contribution < 1.29 is 42.2 Å². The van der Waals surface area contributed by atoms with E-state index in [-0.39, 0.29) is 29.8 Å². The number of hydrogen-bond acceptors (Lipinski definition) is 7. The number of nitrogens with zero attached hydrogens (tertiary/aromatic N) is 2. The molecule has 2 aromatic rings. The molecule has 4 N–H and O–H groups in total. The molecule has 12 nitrogen and oxygen atoms in total. The van der Waals surface area contributed by atoms with E-state index in [9.17, 15) is 22.4 Å². The van der Waals surface area contributed by atoms with Crippen molar-refractivity contribution in [2.75, 3.05) is 43.9 Å². The number of rotatable bonds is 8. The van der Waals surface area contributed by atoms with Gasteiger partial charge in [-0.1, -0.05) is 25.0 Å². The average molecular weight is 581 g/mol. The highest BCUT2D eigenvalue weighted by atomic mass is 32.2. The molecule has 0 bridgehead atoms. The van der Waals surface area contributed by atoms with Gasteiger partial charge in [0, 0.05) is 24.5 Å². The molecule has 218 valence electrons. The highest BCUT2D eigenvalue weighted by molar-refractivity contribution is 7.89. The molecule has 0 radical (unpaired) electrons. The van der Waals surface area contributed by atoms with E-state index in [1.165, 1.54) is 33.5 Å². The summed E-state index contributed by atoms with van der Waals surface area (Å²) < 4.78 is 41.2. The van der Waals surface area contributed by atoms with Crippen LogP contribution >= 0.6 is 0 Å². The molecule has 0 atom stereocenters. The minimum absolute atomic E-state index is 0.0770. The molecule has 1 heterocycles. The molecule has 40 heavy (non-hydrogen) atoms. The zero-order valence-corrected chi connectivity index (χ0v) is 23.0. The number of aliphatic carboxylic acids is 2. The summed E-state index contributed by atoms with van der Waals surface area (Å²) in [5, 5.41) is 20.1. The Labute approximate surface area is 231 Å². The van der Waals surface area contributed by atoms with E-state index in [0.29, 0.717) is 30.0 Å². The number of hydrogen-bond donors (Lipinski definition) is 4. The molecule has 1 aliphatic rings. The lowest BCUT2D eigenvalue weighted by atomic mass is 10.2. The lowest BCUT2D eigenvalue weighted by molar-refractivity contribution is -0.159. The van der Waals surface area contributed by atoms with Crippen LogP contribution in [0.5, 0.6) is 0 Å². The lowest BCUT2D eigenvalue weighted by Crippen LogP contribution is -2.36. The van der Waals surface area contributed by atoms with Crippen molar-refractivity contribution in [1.82, 2.24) is 9.21 Å². The number of anilines is 2. The van der Waals surface area contributed by atoms with Crippen molar-refractivity contribution >= 4 is 45.2 Å². The van der Waals surface area contributed by atoms with E-state index < -0.39 is 27.8 Å². The number of sulfonamides is 1. The highest BCUT2D eigenvalue weighted by Crippen LogP contribution is 2.26. The van der Waals surface area contributed by atoms with Gasteiger partial charge in [0.15, 0.2) is 0 Å². The van der Waals surface area contributed by atoms with Crippen molar-refractivity contribution in [3.8, 4) is 0 Å². The molecule has 14 heteroatoms. The Morgan fingerprint density at radius 2 is 1.40 bits per heavy atom. The normalized spacial score (nSPS) is 13.9. The second kappa shape index (κ2) is 15.1. The molecule has 1 aliphatic heterocycles. The fraction of sp³-hybridized carbons (Fsp3) is 0.385. The molecule has 0 spiro atoms. The van der Waals surface area contributed by atoms with Crippen molar-refractivity contribution in [2.45, 2.75) is 37.5 Å². The van der Waals surface area contributed by atoms with Crippen LogP contribution in [0.25, 0.3) is 0 Å². The van der Waals surface area contributed by atoms with Crippen LogP contribution in [-0.4, -0.2) is 84.8 Å². The summed E-state index contributed by atoms with van der Waals surface area (Å²) >= 11 is 0. The fourth-order valence-electron chi connectivity index (χ4n) is 3.89. The number of amides is 2. The number of nitrogens with one attached hydrogen (secondary N) is 2. The summed E-state index contributed by atoms with van der Waals surface area (Å²) in [6.07, 6.45) is 3.73. The van der Waals surface area contributed by atoms with Crippen molar-refractivity contribution in [3.63, 3.8) is 0 Å². The minimum atomic E-state index is -3.65. The lowest BCUT2D eigenvalue weighted by Gasteiger charge is -2.22.